The van der Waals surface area contributed by atoms with Gasteiger partial charge in [-0.05, 0) is 31.9 Å². The molecule has 0 aromatic heterocycles. The van der Waals surface area contributed by atoms with Crippen LogP contribution in [-0.4, -0.2) is 32.4 Å². The van der Waals surface area contributed by atoms with Crippen molar-refractivity contribution in [1.82, 2.24) is 0 Å². The highest BCUT2D eigenvalue weighted by atomic mass is 16.5. The van der Waals surface area contributed by atoms with E-state index < -0.39 is 11.4 Å². The number of benzene rings is 1. The highest BCUT2D eigenvalue weighted by molar-refractivity contribution is 5.74. The Labute approximate surface area is 113 Å². The van der Waals surface area contributed by atoms with E-state index in [1.54, 1.807) is 33.1 Å². The van der Waals surface area contributed by atoms with Crippen LogP contribution in [0.2, 0.25) is 0 Å². The largest absolute Gasteiger partial charge is 0.496 e. The Bertz CT molecular complexity index is 465. The molecule has 1 N–H and O–H groups in total. The Morgan fingerprint density at radius 2 is 1.53 bits per heavy atom. The number of carbonyl (C=O) groups is 1. The molecule has 0 heterocycles. The minimum absolute atomic E-state index is 0.339. The van der Waals surface area contributed by atoms with Gasteiger partial charge < -0.3 is 19.3 Å². The van der Waals surface area contributed by atoms with Crippen molar-refractivity contribution in [3.63, 3.8) is 0 Å². The molecule has 0 atom stereocenters. The first-order valence-electron chi connectivity index (χ1n) is 5.88. The van der Waals surface area contributed by atoms with E-state index in [9.17, 15) is 9.90 Å². The number of methoxy groups -OCH3 is 3. The molecule has 106 valence electrons. The highest BCUT2D eigenvalue weighted by Crippen LogP contribution is 2.37. The number of hydrogen-bond donors (Lipinski definition) is 1. The Hall–Kier alpha value is -1.91. The average Bonchev–Trinajstić information content (AvgIpc) is 2.37. The van der Waals surface area contributed by atoms with E-state index in [1.807, 2.05) is 0 Å². The fourth-order valence-corrected chi connectivity index (χ4v) is 1.78. The van der Waals surface area contributed by atoms with E-state index in [4.69, 9.17) is 14.2 Å². The molecule has 1 aromatic rings. The first kappa shape index (κ1) is 15.1. The van der Waals surface area contributed by atoms with Crippen molar-refractivity contribution in [2.75, 3.05) is 21.3 Å². The predicted molar refractivity (Wildman–Crippen MR) is 71.2 cm³/mol. The highest BCUT2D eigenvalue weighted by Gasteiger charge is 2.29. The van der Waals surface area contributed by atoms with Crippen LogP contribution in [0.1, 0.15) is 19.4 Å². The molecule has 0 aliphatic carbocycles. The molecule has 0 radical (unpaired) electrons. The molecule has 0 aliphatic heterocycles. The molecule has 5 nitrogen and oxygen atoms in total. The molecule has 0 fully saturated rings. The van der Waals surface area contributed by atoms with Crippen molar-refractivity contribution in [3.8, 4) is 17.2 Å². The molecule has 0 bridgehead atoms. The fraction of sp³-hybridized carbons (Fsp3) is 0.500. The van der Waals surface area contributed by atoms with Crippen LogP contribution in [0.4, 0.5) is 0 Å². The molecule has 5 heteroatoms. The Kier molecular flexibility index (Phi) is 4.64. The zero-order valence-electron chi connectivity index (χ0n) is 11.9. The van der Waals surface area contributed by atoms with Crippen molar-refractivity contribution >= 4 is 5.97 Å². The summed E-state index contributed by atoms with van der Waals surface area (Å²) in [5, 5.41) is 9.20. The third kappa shape index (κ3) is 3.30. The van der Waals surface area contributed by atoms with Gasteiger partial charge in [-0.1, -0.05) is 0 Å². The number of aliphatic carboxylic acids is 1. The van der Waals surface area contributed by atoms with Gasteiger partial charge in [-0.2, -0.15) is 0 Å². The molecule has 0 aliphatic rings. The lowest BCUT2D eigenvalue weighted by Gasteiger charge is -2.21. The lowest BCUT2D eigenvalue weighted by Crippen LogP contribution is -2.26. The number of carboxylic acid groups (broad SMARTS) is 1. The summed E-state index contributed by atoms with van der Waals surface area (Å²) in [6.07, 6.45) is 0.339. The van der Waals surface area contributed by atoms with Gasteiger partial charge in [0, 0.05) is 6.07 Å². The minimum atomic E-state index is -0.882. The van der Waals surface area contributed by atoms with Crippen LogP contribution in [0, 0.1) is 5.41 Å². The summed E-state index contributed by atoms with van der Waals surface area (Å²) in [6, 6.07) is 3.45. The van der Waals surface area contributed by atoms with Gasteiger partial charge in [0.2, 0.25) is 0 Å². The summed E-state index contributed by atoms with van der Waals surface area (Å²) in [7, 11) is 4.62. The average molecular weight is 268 g/mol. The van der Waals surface area contributed by atoms with Crippen LogP contribution in [0.15, 0.2) is 12.1 Å². The van der Waals surface area contributed by atoms with E-state index in [0.29, 0.717) is 23.7 Å². The maximum Gasteiger partial charge on any atom is 0.309 e. The quantitative estimate of drug-likeness (QED) is 0.858. The Morgan fingerprint density at radius 3 is 1.95 bits per heavy atom. The number of rotatable bonds is 6. The van der Waals surface area contributed by atoms with Crippen LogP contribution in [0.25, 0.3) is 0 Å². The van der Waals surface area contributed by atoms with E-state index in [-0.39, 0.29) is 0 Å². The molecule has 0 spiro atoms. The van der Waals surface area contributed by atoms with Crippen LogP contribution in [0.3, 0.4) is 0 Å². The zero-order chi connectivity index (χ0) is 14.6. The normalized spacial score (nSPS) is 11.0. The monoisotopic (exact) mass is 268 g/mol. The van der Waals surface area contributed by atoms with E-state index in [1.165, 1.54) is 14.2 Å². The van der Waals surface area contributed by atoms with Crippen LogP contribution < -0.4 is 14.2 Å². The molecular weight excluding hydrogens is 248 g/mol. The number of ether oxygens (including phenoxy) is 3. The van der Waals surface area contributed by atoms with Gasteiger partial charge >= 0.3 is 5.97 Å². The third-order valence-corrected chi connectivity index (χ3v) is 3.00. The summed E-state index contributed by atoms with van der Waals surface area (Å²) in [4.78, 5) is 11.2. The van der Waals surface area contributed by atoms with Crippen molar-refractivity contribution in [2.45, 2.75) is 20.3 Å². The van der Waals surface area contributed by atoms with Crippen molar-refractivity contribution in [2.24, 2.45) is 5.41 Å². The fourth-order valence-electron chi connectivity index (χ4n) is 1.78. The summed E-state index contributed by atoms with van der Waals surface area (Å²) in [5.41, 5.74) is -0.111. The van der Waals surface area contributed by atoms with Crippen molar-refractivity contribution < 1.29 is 24.1 Å². The second-order valence-electron chi connectivity index (χ2n) is 4.88. The molecule has 0 unspecified atom stereocenters. The standard InChI is InChI=1S/C14H20O5/c1-14(2,13(15)16)8-9-6-11(18-4)12(19-5)7-10(9)17-3/h6-7H,8H2,1-5H3,(H,15,16). The van der Waals surface area contributed by atoms with Gasteiger partial charge in [0.1, 0.15) is 5.75 Å². The Balaban J connectivity index is 3.23. The predicted octanol–water partition coefficient (Wildman–Crippen LogP) is 2.37. The van der Waals surface area contributed by atoms with Crippen LogP contribution >= 0.6 is 0 Å². The van der Waals surface area contributed by atoms with Gasteiger partial charge in [-0.25, -0.2) is 0 Å². The van der Waals surface area contributed by atoms with Crippen molar-refractivity contribution in [1.29, 1.82) is 0 Å². The summed E-state index contributed by atoms with van der Waals surface area (Å²) in [6.45, 7) is 3.34. The number of hydrogen-bond acceptors (Lipinski definition) is 4. The molecule has 1 aromatic carbocycles. The molecule has 0 saturated heterocycles. The maximum atomic E-state index is 11.2. The van der Waals surface area contributed by atoms with Crippen molar-refractivity contribution in [3.05, 3.63) is 17.7 Å². The van der Waals surface area contributed by atoms with Crippen LogP contribution in [-0.2, 0) is 11.2 Å². The first-order valence-corrected chi connectivity index (χ1v) is 5.88. The second kappa shape index (κ2) is 5.82. The lowest BCUT2D eigenvalue weighted by molar-refractivity contribution is -0.146. The third-order valence-electron chi connectivity index (χ3n) is 3.00. The van der Waals surface area contributed by atoms with E-state index in [0.717, 1.165) is 5.56 Å². The summed E-state index contributed by atoms with van der Waals surface area (Å²) >= 11 is 0. The molecule has 19 heavy (non-hydrogen) atoms. The lowest BCUT2D eigenvalue weighted by atomic mass is 9.85. The summed E-state index contributed by atoms with van der Waals surface area (Å²) < 4.78 is 15.7. The van der Waals surface area contributed by atoms with Gasteiger partial charge in [0.05, 0.1) is 26.7 Å². The molecule has 0 amide bonds. The van der Waals surface area contributed by atoms with Gasteiger partial charge in [-0.15, -0.1) is 0 Å². The van der Waals surface area contributed by atoms with Gasteiger partial charge in [0.25, 0.3) is 0 Å². The smallest absolute Gasteiger partial charge is 0.309 e. The second-order valence-corrected chi connectivity index (χ2v) is 4.88. The van der Waals surface area contributed by atoms with E-state index in [2.05, 4.69) is 0 Å². The van der Waals surface area contributed by atoms with Gasteiger partial charge in [0.15, 0.2) is 11.5 Å². The molecule has 1 rings (SSSR count). The maximum absolute atomic E-state index is 11.2. The summed E-state index contributed by atoms with van der Waals surface area (Å²) in [5.74, 6) is 0.840. The van der Waals surface area contributed by atoms with E-state index >= 15 is 0 Å². The molecular formula is C14H20O5. The molecule has 0 saturated carbocycles. The van der Waals surface area contributed by atoms with Crippen LogP contribution in [0.5, 0.6) is 17.2 Å². The SMILES string of the molecule is COc1cc(OC)c(OC)cc1CC(C)(C)C(=O)O. The topological polar surface area (TPSA) is 65.0 Å². The Morgan fingerprint density at radius 1 is 1.05 bits per heavy atom. The van der Waals surface area contributed by atoms with Gasteiger partial charge in [-0.3, -0.25) is 4.79 Å². The minimum Gasteiger partial charge on any atom is -0.496 e. The first-order chi connectivity index (χ1) is 8.85. The number of carboxylic acids is 1. The zero-order valence-corrected chi connectivity index (χ0v) is 11.9.